The molecule has 1 aromatic heterocycles. The van der Waals surface area contributed by atoms with Crippen LogP contribution in [-0.2, 0) is 11.3 Å². The molecule has 3 nitrogen and oxygen atoms in total. The third kappa shape index (κ3) is 4.07. The van der Waals surface area contributed by atoms with Gasteiger partial charge in [-0.2, -0.15) is 0 Å². The van der Waals surface area contributed by atoms with Gasteiger partial charge in [0.1, 0.15) is 0 Å². The molecule has 0 saturated carbocycles. The summed E-state index contributed by atoms with van der Waals surface area (Å²) >= 11 is 13.8. The molecule has 0 amide bonds. The molecule has 1 aromatic carbocycles. The first-order valence-electron chi connectivity index (χ1n) is 7.52. The molecule has 0 unspecified atom stereocenters. The second-order valence-corrected chi connectivity index (χ2v) is 7.77. The first-order valence-corrected chi connectivity index (χ1v) is 9.09. The molecule has 1 fully saturated rings. The van der Waals surface area contributed by atoms with E-state index in [9.17, 15) is 4.79 Å². The summed E-state index contributed by atoms with van der Waals surface area (Å²) in [6, 6.07) is 9.91. The number of piperidine rings is 1. The van der Waals surface area contributed by atoms with E-state index in [2.05, 4.69) is 17.0 Å². The number of thiophene rings is 1. The Morgan fingerprint density at radius 1 is 1.17 bits per heavy atom. The van der Waals surface area contributed by atoms with Crippen LogP contribution in [0, 0.1) is 5.92 Å². The average molecular weight is 370 g/mol. The number of benzene rings is 1. The topological polar surface area (TPSA) is 40.5 Å². The lowest BCUT2D eigenvalue weighted by Crippen LogP contribution is -2.35. The van der Waals surface area contributed by atoms with Crippen LogP contribution in [0.15, 0.2) is 30.3 Å². The second-order valence-electron chi connectivity index (χ2n) is 5.78. The predicted octanol–water partition coefficient (Wildman–Crippen LogP) is 5.02. The van der Waals surface area contributed by atoms with E-state index in [4.69, 9.17) is 28.3 Å². The minimum Gasteiger partial charge on any atom is -0.481 e. The molecule has 0 radical (unpaired) electrons. The van der Waals surface area contributed by atoms with Crippen molar-refractivity contribution in [2.24, 2.45) is 5.92 Å². The fraction of sp³-hybridized carbons (Fsp3) is 0.353. The monoisotopic (exact) mass is 369 g/mol. The highest BCUT2D eigenvalue weighted by Crippen LogP contribution is 2.33. The molecular formula is C17H17Cl2NO2S. The number of carbonyl (C=O) groups is 1. The average Bonchev–Trinajstić information content (AvgIpc) is 2.99. The number of aliphatic carboxylic acids is 1. The van der Waals surface area contributed by atoms with Crippen LogP contribution in [0.5, 0.6) is 0 Å². The van der Waals surface area contributed by atoms with E-state index in [0.717, 1.165) is 38.0 Å². The Morgan fingerprint density at radius 3 is 2.57 bits per heavy atom. The molecule has 0 bridgehead atoms. The van der Waals surface area contributed by atoms with E-state index in [1.807, 2.05) is 18.2 Å². The lowest BCUT2D eigenvalue weighted by atomic mass is 9.97. The molecule has 0 atom stereocenters. The third-order valence-electron chi connectivity index (χ3n) is 4.18. The van der Waals surface area contributed by atoms with Crippen LogP contribution in [0.3, 0.4) is 0 Å². The molecule has 0 spiro atoms. The van der Waals surface area contributed by atoms with Gasteiger partial charge in [0, 0.05) is 16.3 Å². The maximum absolute atomic E-state index is 11.0. The predicted molar refractivity (Wildman–Crippen MR) is 95.4 cm³/mol. The Labute approximate surface area is 149 Å². The molecule has 2 aromatic rings. The number of likely N-dealkylation sites (tertiary alicyclic amines) is 1. The molecule has 2 heterocycles. The van der Waals surface area contributed by atoms with Crippen LogP contribution in [-0.4, -0.2) is 29.1 Å². The zero-order chi connectivity index (χ0) is 16.4. The van der Waals surface area contributed by atoms with Crippen LogP contribution >= 0.6 is 34.5 Å². The van der Waals surface area contributed by atoms with Gasteiger partial charge in [-0.1, -0.05) is 29.3 Å². The van der Waals surface area contributed by atoms with Gasteiger partial charge in [0.25, 0.3) is 0 Å². The van der Waals surface area contributed by atoms with Gasteiger partial charge in [-0.15, -0.1) is 11.3 Å². The molecule has 6 heteroatoms. The van der Waals surface area contributed by atoms with Gasteiger partial charge in [-0.3, -0.25) is 9.69 Å². The number of halogens is 2. The van der Waals surface area contributed by atoms with Crippen molar-refractivity contribution in [3.05, 3.63) is 45.3 Å². The number of carboxylic acids is 1. The second kappa shape index (κ2) is 7.22. The summed E-state index contributed by atoms with van der Waals surface area (Å²) in [5.74, 6) is -0.843. The highest BCUT2D eigenvalue weighted by atomic mass is 35.5. The summed E-state index contributed by atoms with van der Waals surface area (Å²) in [7, 11) is 0. The maximum atomic E-state index is 11.0. The molecule has 3 rings (SSSR count). The maximum Gasteiger partial charge on any atom is 0.306 e. The van der Waals surface area contributed by atoms with Crippen LogP contribution in [0.1, 0.15) is 17.7 Å². The zero-order valence-corrected chi connectivity index (χ0v) is 14.8. The van der Waals surface area contributed by atoms with E-state index in [0.29, 0.717) is 10.0 Å². The molecule has 122 valence electrons. The number of hydrogen-bond donors (Lipinski definition) is 1. The van der Waals surface area contributed by atoms with Crippen molar-refractivity contribution in [3.8, 4) is 10.4 Å². The van der Waals surface area contributed by atoms with Crippen molar-refractivity contribution < 1.29 is 9.90 Å². The van der Waals surface area contributed by atoms with Crippen molar-refractivity contribution in [3.63, 3.8) is 0 Å². The molecule has 23 heavy (non-hydrogen) atoms. The van der Waals surface area contributed by atoms with Gasteiger partial charge < -0.3 is 5.11 Å². The van der Waals surface area contributed by atoms with Crippen molar-refractivity contribution >= 4 is 40.5 Å². The van der Waals surface area contributed by atoms with Crippen LogP contribution < -0.4 is 0 Å². The summed E-state index contributed by atoms with van der Waals surface area (Å²) in [4.78, 5) is 15.8. The van der Waals surface area contributed by atoms with Crippen LogP contribution in [0.2, 0.25) is 10.0 Å². The SMILES string of the molecule is O=C(O)C1CCN(Cc2ccc(-c3ccc(Cl)c(Cl)c3)s2)CC1. The van der Waals surface area contributed by atoms with Gasteiger partial charge in [0.05, 0.1) is 16.0 Å². The quantitative estimate of drug-likeness (QED) is 0.822. The fourth-order valence-electron chi connectivity index (χ4n) is 2.83. The molecule has 1 saturated heterocycles. The van der Waals surface area contributed by atoms with Crippen LogP contribution in [0.4, 0.5) is 0 Å². The van der Waals surface area contributed by atoms with Gasteiger partial charge in [-0.05, 0) is 55.8 Å². The Hall–Kier alpha value is -1.07. The highest BCUT2D eigenvalue weighted by Gasteiger charge is 2.24. The first kappa shape index (κ1) is 16.8. The van der Waals surface area contributed by atoms with Gasteiger partial charge in [0.2, 0.25) is 0 Å². The lowest BCUT2D eigenvalue weighted by Gasteiger charge is -2.29. The minimum absolute atomic E-state index is 0.179. The normalized spacial score (nSPS) is 16.6. The molecule has 1 aliphatic heterocycles. The van der Waals surface area contributed by atoms with Gasteiger partial charge in [-0.25, -0.2) is 0 Å². The fourth-order valence-corrected chi connectivity index (χ4v) is 4.17. The molecule has 1 aliphatic rings. The van der Waals surface area contributed by atoms with Crippen molar-refractivity contribution in [2.45, 2.75) is 19.4 Å². The van der Waals surface area contributed by atoms with E-state index in [-0.39, 0.29) is 5.92 Å². The number of hydrogen-bond acceptors (Lipinski definition) is 3. The smallest absolute Gasteiger partial charge is 0.306 e. The minimum atomic E-state index is -0.664. The Balaban J connectivity index is 1.64. The standard InChI is InChI=1S/C17H17Cl2NO2S/c18-14-3-1-12(9-15(14)19)16-4-2-13(23-16)10-20-7-5-11(6-8-20)17(21)22/h1-4,9,11H,5-8,10H2,(H,21,22). The number of rotatable bonds is 4. The lowest BCUT2D eigenvalue weighted by molar-refractivity contribution is -0.143. The number of carboxylic acid groups (broad SMARTS) is 1. The van der Waals surface area contributed by atoms with E-state index >= 15 is 0 Å². The third-order valence-corrected chi connectivity index (χ3v) is 6.04. The Kier molecular flexibility index (Phi) is 5.27. The van der Waals surface area contributed by atoms with Gasteiger partial charge in [0.15, 0.2) is 0 Å². The molecular weight excluding hydrogens is 353 g/mol. The summed E-state index contributed by atoms with van der Waals surface area (Å²) < 4.78 is 0. The first-order chi connectivity index (χ1) is 11.0. The van der Waals surface area contributed by atoms with E-state index in [1.165, 1.54) is 9.75 Å². The summed E-state index contributed by atoms with van der Waals surface area (Å²) in [5.41, 5.74) is 1.07. The Bertz CT molecular complexity index is 708. The van der Waals surface area contributed by atoms with Crippen molar-refractivity contribution in [1.82, 2.24) is 4.90 Å². The summed E-state index contributed by atoms with van der Waals surface area (Å²) in [6.07, 6.45) is 1.47. The van der Waals surface area contributed by atoms with Crippen molar-refractivity contribution in [2.75, 3.05) is 13.1 Å². The largest absolute Gasteiger partial charge is 0.481 e. The number of nitrogens with zero attached hydrogens (tertiary/aromatic N) is 1. The highest BCUT2D eigenvalue weighted by molar-refractivity contribution is 7.15. The van der Waals surface area contributed by atoms with E-state index in [1.54, 1.807) is 11.3 Å². The molecule has 0 aliphatic carbocycles. The zero-order valence-electron chi connectivity index (χ0n) is 12.5. The van der Waals surface area contributed by atoms with E-state index < -0.39 is 5.97 Å². The van der Waals surface area contributed by atoms with Gasteiger partial charge >= 0.3 is 5.97 Å². The molecule has 1 N–H and O–H groups in total. The van der Waals surface area contributed by atoms with Crippen LogP contribution in [0.25, 0.3) is 10.4 Å². The van der Waals surface area contributed by atoms with Crippen molar-refractivity contribution in [1.29, 1.82) is 0 Å². The Morgan fingerprint density at radius 2 is 1.91 bits per heavy atom. The summed E-state index contributed by atoms with van der Waals surface area (Å²) in [6.45, 7) is 2.56. The summed E-state index contributed by atoms with van der Waals surface area (Å²) in [5, 5.41) is 10.2.